The molecule has 0 atom stereocenters. The van der Waals surface area contributed by atoms with Gasteiger partial charge in [0.25, 0.3) is 5.82 Å². The summed E-state index contributed by atoms with van der Waals surface area (Å²) in [7, 11) is 1.84. The molecular weight excluding hydrogens is 230 g/mol. The molecule has 2 rings (SSSR count). The Kier molecular flexibility index (Phi) is 4.33. The van der Waals surface area contributed by atoms with Crippen LogP contribution in [0.3, 0.4) is 0 Å². The van der Waals surface area contributed by atoms with Crippen LogP contribution in [0.25, 0.3) is 0 Å². The zero-order valence-corrected chi connectivity index (χ0v) is 11.2. The highest BCUT2D eigenvalue weighted by Gasteiger charge is 2.20. The minimum absolute atomic E-state index is 0.185. The van der Waals surface area contributed by atoms with Crippen molar-refractivity contribution >= 4 is 5.97 Å². The SMILES string of the molecule is CCOC(=O)c1nc(CC2CCCCC2)n(C)n1. The summed E-state index contributed by atoms with van der Waals surface area (Å²) in [5.41, 5.74) is 0. The van der Waals surface area contributed by atoms with E-state index in [0.29, 0.717) is 12.5 Å². The summed E-state index contributed by atoms with van der Waals surface area (Å²) in [6.07, 6.45) is 7.43. The van der Waals surface area contributed by atoms with E-state index >= 15 is 0 Å². The quantitative estimate of drug-likeness (QED) is 0.769. The molecule has 0 bridgehead atoms. The lowest BCUT2D eigenvalue weighted by Gasteiger charge is -2.20. The Morgan fingerprint density at radius 2 is 2.11 bits per heavy atom. The van der Waals surface area contributed by atoms with Crippen LogP contribution in [0.2, 0.25) is 0 Å². The molecule has 0 radical (unpaired) electrons. The molecule has 1 aliphatic rings. The van der Waals surface area contributed by atoms with Crippen LogP contribution >= 0.6 is 0 Å². The smallest absolute Gasteiger partial charge is 0.378 e. The van der Waals surface area contributed by atoms with Crippen molar-refractivity contribution in [3.05, 3.63) is 11.6 Å². The molecule has 1 aliphatic carbocycles. The van der Waals surface area contributed by atoms with Crippen molar-refractivity contribution in [3.63, 3.8) is 0 Å². The minimum atomic E-state index is -0.428. The molecule has 1 aromatic rings. The van der Waals surface area contributed by atoms with Gasteiger partial charge < -0.3 is 4.74 Å². The standard InChI is InChI=1S/C13H21N3O2/c1-3-18-13(17)12-14-11(16(2)15-12)9-10-7-5-4-6-8-10/h10H,3-9H2,1-2H3. The van der Waals surface area contributed by atoms with Gasteiger partial charge >= 0.3 is 5.97 Å². The van der Waals surface area contributed by atoms with Gasteiger partial charge in [0.1, 0.15) is 5.82 Å². The predicted molar refractivity (Wildman–Crippen MR) is 67.2 cm³/mol. The van der Waals surface area contributed by atoms with Crippen LogP contribution in [0.4, 0.5) is 0 Å². The molecule has 1 heterocycles. The van der Waals surface area contributed by atoms with Gasteiger partial charge in [-0.2, -0.15) is 0 Å². The fourth-order valence-corrected chi connectivity index (χ4v) is 2.53. The summed E-state index contributed by atoms with van der Waals surface area (Å²) in [5, 5.41) is 4.13. The van der Waals surface area contributed by atoms with Crippen molar-refractivity contribution in [1.29, 1.82) is 0 Å². The summed E-state index contributed by atoms with van der Waals surface area (Å²) in [5.74, 6) is 1.34. The fourth-order valence-electron chi connectivity index (χ4n) is 2.53. The molecule has 1 aromatic heterocycles. The van der Waals surface area contributed by atoms with Crippen LogP contribution in [-0.2, 0) is 18.2 Å². The molecule has 0 N–H and O–H groups in total. The number of nitrogens with zero attached hydrogens (tertiary/aromatic N) is 3. The lowest BCUT2D eigenvalue weighted by atomic mass is 9.87. The van der Waals surface area contributed by atoms with Crippen molar-refractivity contribution in [2.45, 2.75) is 45.4 Å². The molecule has 0 unspecified atom stereocenters. The first-order valence-corrected chi connectivity index (χ1v) is 6.77. The normalized spacial score (nSPS) is 16.8. The van der Waals surface area contributed by atoms with Crippen LogP contribution in [0.15, 0.2) is 0 Å². The molecule has 5 nitrogen and oxygen atoms in total. The largest absolute Gasteiger partial charge is 0.460 e. The first-order chi connectivity index (χ1) is 8.70. The molecule has 0 aromatic carbocycles. The Hall–Kier alpha value is -1.39. The van der Waals surface area contributed by atoms with E-state index in [1.54, 1.807) is 11.6 Å². The van der Waals surface area contributed by atoms with E-state index in [0.717, 1.165) is 12.2 Å². The first kappa shape index (κ1) is 13.1. The van der Waals surface area contributed by atoms with E-state index in [1.807, 2.05) is 7.05 Å². The van der Waals surface area contributed by atoms with E-state index in [9.17, 15) is 4.79 Å². The first-order valence-electron chi connectivity index (χ1n) is 6.77. The maximum Gasteiger partial charge on any atom is 0.378 e. The van der Waals surface area contributed by atoms with Crippen molar-refractivity contribution in [2.75, 3.05) is 6.61 Å². The second kappa shape index (κ2) is 5.98. The van der Waals surface area contributed by atoms with Gasteiger partial charge in [-0.25, -0.2) is 9.78 Å². The third kappa shape index (κ3) is 3.09. The van der Waals surface area contributed by atoms with Gasteiger partial charge in [-0.05, 0) is 12.8 Å². The number of rotatable bonds is 4. The Morgan fingerprint density at radius 3 is 2.78 bits per heavy atom. The average molecular weight is 251 g/mol. The predicted octanol–water partition coefficient (Wildman–Crippen LogP) is 2.11. The second-order valence-corrected chi connectivity index (χ2v) is 4.90. The molecular formula is C13H21N3O2. The molecule has 1 fully saturated rings. The Bertz CT molecular complexity index is 408. The lowest BCUT2D eigenvalue weighted by Crippen LogP contribution is -2.12. The van der Waals surface area contributed by atoms with Crippen molar-refractivity contribution < 1.29 is 9.53 Å². The average Bonchev–Trinajstić information content (AvgIpc) is 2.73. The summed E-state index contributed by atoms with van der Waals surface area (Å²) < 4.78 is 6.62. The second-order valence-electron chi connectivity index (χ2n) is 4.90. The van der Waals surface area contributed by atoms with Crippen LogP contribution in [0.5, 0.6) is 0 Å². The van der Waals surface area contributed by atoms with Crippen molar-refractivity contribution in [3.8, 4) is 0 Å². The Balaban J connectivity index is 2.01. The number of aromatic nitrogens is 3. The molecule has 1 saturated carbocycles. The van der Waals surface area contributed by atoms with Gasteiger partial charge in [0, 0.05) is 13.5 Å². The Labute approximate surface area is 108 Å². The number of carbonyl (C=O) groups excluding carboxylic acids is 1. The van der Waals surface area contributed by atoms with E-state index in [4.69, 9.17) is 4.74 Å². The number of esters is 1. The summed E-state index contributed by atoms with van der Waals surface area (Å²) in [6, 6.07) is 0. The summed E-state index contributed by atoms with van der Waals surface area (Å²) in [6.45, 7) is 2.14. The van der Waals surface area contributed by atoms with Crippen LogP contribution in [0, 0.1) is 5.92 Å². The van der Waals surface area contributed by atoms with Crippen LogP contribution in [0.1, 0.15) is 55.5 Å². The molecule has 0 amide bonds. The maximum absolute atomic E-state index is 11.5. The number of hydrogen-bond acceptors (Lipinski definition) is 4. The zero-order chi connectivity index (χ0) is 13.0. The molecule has 0 aliphatic heterocycles. The molecule has 100 valence electrons. The van der Waals surface area contributed by atoms with Gasteiger partial charge in [-0.1, -0.05) is 32.1 Å². The molecule has 5 heteroatoms. The lowest BCUT2D eigenvalue weighted by molar-refractivity contribution is 0.0511. The molecule has 0 saturated heterocycles. The zero-order valence-electron chi connectivity index (χ0n) is 11.2. The molecule has 0 spiro atoms. The fraction of sp³-hybridized carbons (Fsp3) is 0.769. The van der Waals surface area contributed by atoms with Crippen LogP contribution in [-0.4, -0.2) is 27.3 Å². The number of hydrogen-bond donors (Lipinski definition) is 0. The van der Waals surface area contributed by atoms with Gasteiger partial charge in [-0.15, -0.1) is 5.10 Å². The monoisotopic (exact) mass is 251 g/mol. The van der Waals surface area contributed by atoms with Crippen molar-refractivity contribution in [2.24, 2.45) is 13.0 Å². The van der Waals surface area contributed by atoms with E-state index < -0.39 is 5.97 Å². The summed E-state index contributed by atoms with van der Waals surface area (Å²) >= 11 is 0. The van der Waals surface area contributed by atoms with Gasteiger partial charge in [0.05, 0.1) is 6.61 Å². The molecule has 18 heavy (non-hydrogen) atoms. The summed E-state index contributed by atoms with van der Waals surface area (Å²) in [4.78, 5) is 15.8. The van der Waals surface area contributed by atoms with Crippen LogP contribution < -0.4 is 0 Å². The van der Waals surface area contributed by atoms with Gasteiger partial charge in [-0.3, -0.25) is 4.68 Å². The van der Waals surface area contributed by atoms with Crippen molar-refractivity contribution in [1.82, 2.24) is 14.8 Å². The van der Waals surface area contributed by atoms with E-state index in [1.165, 1.54) is 32.1 Å². The van der Waals surface area contributed by atoms with E-state index in [2.05, 4.69) is 10.1 Å². The maximum atomic E-state index is 11.5. The third-order valence-electron chi connectivity index (χ3n) is 3.51. The van der Waals surface area contributed by atoms with Gasteiger partial charge in [0.15, 0.2) is 0 Å². The number of ether oxygens (including phenoxy) is 1. The Morgan fingerprint density at radius 1 is 1.39 bits per heavy atom. The highest BCUT2D eigenvalue weighted by atomic mass is 16.5. The highest BCUT2D eigenvalue weighted by Crippen LogP contribution is 2.26. The highest BCUT2D eigenvalue weighted by molar-refractivity contribution is 5.84. The topological polar surface area (TPSA) is 57.0 Å². The number of aryl methyl sites for hydroxylation is 1. The minimum Gasteiger partial charge on any atom is -0.460 e. The van der Waals surface area contributed by atoms with Gasteiger partial charge in [0.2, 0.25) is 0 Å². The number of carbonyl (C=O) groups is 1. The third-order valence-corrected chi connectivity index (χ3v) is 3.51. The van der Waals surface area contributed by atoms with E-state index in [-0.39, 0.29) is 5.82 Å².